The lowest BCUT2D eigenvalue weighted by molar-refractivity contribution is -0.121. The van der Waals surface area contributed by atoms with Crippen LogP contribution < -0.4 is 10.2 Å². The molecule has 0 aliphatic carbocycles. The van der Waals surface area contributed by atoms with E-state index in [1.54, 1.807) is 6.07 Å². The van der Waals surface area contributed by atoms with Gasteiger partial charge in [-0.15, -0.1) is 0 Å². The number of phenolic OH excluding ortho intramolecular Hbond substituents is 1. The third kappa shape index (κ3) is 5.43. The van der Waals surface area contributed by atoms with Gasteiger partial charge in [-0.25, -0.2) is 13.9 Å². The number of benzene rings is 1. The van der Waals surface area contributed by atoms with Crippen molar-refractivity contribution in [3.05, 3.63) is 53.2 Å². The van der Waals surface area contributed by atoms with Crippen LogP contribution in [0.3, 0.4) is 0 Å². The van der Waals surface area contributed by atoms with Gasteiger partial charge in [0.05, 0.1) is 31.1 Å². The van der Waals surface area contributed by atoms with Crippen molar-refractivity contribution in [2.24, 2.45) is 0 Å². The molecular formula is C30H40FN7O3. The predicted molar refractivity (Wildman–Crippen MR) is 154 cm³/mol. The number of pyridine rings is 1. The maximum absolute atomic E-state index is 14.1. The molecule has 10 nitrogen and oxygen atoms in total. The highest BCUT2D eigenvalue weighted by Crippen LogP contribution is 2.42. The highest BCUT2D eigenvalue weighted by atomic mass is 19.1. The lowest BCUT2D eigenvalue weighted by Crippen LogP contribution is -2.62. The summed E-state index contributed by atoms with van der Waals surface area (Å²) in [6.45, 7) is 14.4. The molecule has 3 aromatic rings. The molecule has 2 aromatic heterocycles. The fourth-order valence-electron chi connectivity index (χ4n) is 6.64. The number of nitrogens with one attached hydrogen (secondary N) is 1. The van der Waals surface area contributed by atoms with Crippen LogP contribution in [-0.2, 0) is 21.4 Å². The summed E-state index contributed by atoms with van der Waals surface area (Å²) in [6, 6.07) is 6.92. The van der Waals surface area contributed by atoms with Gasteiger partial charge in [0, 0.05) is 74.3 Å². The summed E-state index contributed by atoms with van der Waals surface area (Å²) in [5, 5.41) is 18.5. The minimum absolute atomic E-state index is 0.0565. The van der Waals surface area contributed by atoms with Gasteiger partial charge in [0.1, 0.15) is 17.9 Å². The first-order valence-electron chi connectivity index (χ1n) is 14.5. The molecule has 0 radical (unpaired) electrons. The fourth-order valence-corrected chi connectivity index (χ4v) is 6.64. The summed E-state index contributed by atoms with van der Waals surface area (Å²) in [4.78, 5) is 25.3. The van der Waals surface area contributed by atoms with Gasteiger partial charge in [0.25, 0.3) is 0 Å². The first-order valence-corrected chi connectivity index (χ1v) is 14.5. The van der Waals surface area contributed by atoms with Crippen LogP contribution in [0.5, 0.6) is 5.75 Å². The Morgan fingerprint density at radius 2 is 2.05 bits per heavy atom. The Kier molecular flexibility index (Phi) is 7.48. The Bertz CT molecular complexity index is 1440. The van der Waals surface area contributed by atoms with Crippen molar-refractivity contribution in [1.82, 2.24) is 29.7 Å². The summed E-state index contributed by atoms with van der Waals surface area (Å²) < 4.78 is 21.1. The van der Waals surface area contributed by atoms with E-state index in [-0.39, 0.29) is 23.1 Å². The number of morpholine rings is 1. The molecule has 1 amide bonds. The van der Waals surface area contributed by atoms with Crippen molar-refractivity contribution in [2.75, 3.05) is 57.4 Å². The average Bonchev–Trinajstić information content (AvgIpc) is 3.51. The molecule has 220 valence electrons. The van der Waals surface area contributed by atoms with Crippen molar-refractivity contribution >= 4 is 17.2 Å². The number of hydrogen-bond acceptors (Lipinski definition) is 8. The van der Waals surface area contributed by atoms with E-state index in [2.05, 4.69) is 52.9 Å². The van der Waals surface area contributed by atoms with Crippen molar-refractivity contribution in [3.8, 4) is 5.75 Å². The molecule has 5 heterocycles. The van der Waals surface area contributed by atoms with Crippen LogP contribution in [-0.4, -0.2) is 106 Å². The zero-order valence-corrected chi connectivity index (χ0v) is 24.3. The molecule has 2 N–H and O–H groups in total. The monoisotopic (exact) mass is 565 g/mol. The number of nitrogens with zero attached hydrogens (tertiary/aromatic N) is 6. The van der Waals surface area contributed by atoms with Gasteiger partial charge >= 0.3 is 0 Å². The molecule has 11 heteroatoms. The number of ether oxygens (including phenoxy) is 1. The third-order valence-electron chi connectivity index (χ3n) is 8.83. The Hall–Kier alpha value is -3.12. The van der Waals surface area contributed by atoms with Crippen LogP contribution >= 0.6 is 0 Å². The lowest BCUT2D eigenvalue weighted by atomic mass is 9.90. The van der Waals surface area contributed by atoms with Crippen LogP contribution in [0, 0.1) is 5.82 Å². The Morgan fingerprint density at radius 3 is 2.83 bits per heavy atom. The lowest BCUT2D eigenvalue weighted by Gasteiger charge is -2.43. The second kappa shape index (κ2) is 10.9. The SMILES string of the molecule is C[C@@H]1CN(CC(=O)N2CC(C)(C)c3c2cc(Cc2ccc(F)cc2O)c2ncnn32)[C@@H](CN2CCOC[C@H]2C)CN1. The molecule has 6 rings (SSSR count). The van der Waals surface area contributed by atoms with E-state index < -0.39 is 5.82 Å². The molecule has 0 saturated carbocycles. The highest BCUT2D eigenvalue weighted by Gasteiger charge is 2.42. The van der Waals surface area contributed by atoms with Gasteiger partial charge in [-0.05, 0) is 31.5 Å². The van der Waals surface area contributed by atoms with Gasteiger partial charge in [0.15, 0.2) is 5.65 Å². The van der Waals surface area contributed by atoms with E-state index in [9.17, 15) is 14.3 Å². The van der Waals surface area contributed by atoms with Crippen LogP contribution in [0.1, 0.15) is 44.5 Å². The summed E-state index contributed by atoms with van der Waals surface area (Å²) in [7, 11) is 0. The maximum Gasteiger partial charge on any atom is 0.241 e. The number of carbonyl (C=O) groups is 1. The van der Waals surface area contributed by atoms with Gasteiger partial charge in [-0.2, -0.15) is 5.10 Å². The summed E-state index contributed by atoms with van der Waals surface area (Å²) in [5.41, 5.74) is 3.49. The quantitative estimate of drug-likeness (QED) is 0.470. The number of phenols is 1. The second-order valence-electron chi connectivity index (χ2n) is 12.5. The molecule has 0 bridgehead atoms. The average molecular weight is 566 g/mol. The molecule has 0 spiro atoms. The number of carbonyl (C=O) groups excluding carboxylic acids is 1. The van der Waals surface area contributed by atoms with E-state index in [0.29, 0.717) is 42.8 Å². The minimum atomic E-state index is -0.491. The number of hydrogen-bond donors (Lipinski definition) is 2. The predicted octanol–water partition coefficient (Wildman–Crippen LogP) is 2.17. The van der Waals surface area contributed by atoms with Crippen molar-refractivity contribution < 1.29 is 19.0 Å². The smallest absolute Gasteiger partial charge is 0.241 e. The summed E-state index contributed by atoms with van der Waals surface area (Å²) in [5.74, 6) is -0.541. The number of aromatic nitrogens is 3. The zero-order valence-electron chi connectivity index (χ0n) is 24.3. The number of halogens is 1. The second-order valence-corrected chi connectivity index (χ2v) is 12.5. The molecule has 3 aliphatic rings. The largest absolute Gasteiger partial charge is 0.508 e. The molecule has 2 saturated heterocycles. The van der Waals surface area contributed by atoms with E-state index in [0.717, 1.165) is 62.4 Å². The molecule has 3 aliphatic heterocycles. The summed E-state index contributed by atoms with van der Waals surface area (Å²) >= 11 is 0. The van der Waals surface area contributed by atoms with Crippen molar-refractivity contribution in [1.29, 1.82) is 0 Å². The molecule has 2 fully saturated rings. The van der Waals surface area contributed by atoms with E-state index in [1.807, 2.05) is 15.5 Å². The van der Waals surface area contributed by atoms with Gasteiger partial charge in [0.2, 0.25) is 5.91 Å². The van der Waals surface area contributed by atoms with Crippen molar-refractivity contribution in [3.63, 3.8) is 0 Å². The normalized spacial score (nSPS) is 25.1. The van der Waals surface area contributed by atoms with E-state index in [4.69, 9.17) is 4.74 Å². The number of amides is 1. The molecule has 1 aromatic carbocycles. The maximum atomic E-state index is 14.1. The Balaban J connectivity index is 1.29. The number of fused-ring (bicyclic) bond motifs is 3. The topological polar surface area (TPSA) is 98.5 Å². The number of rotatable bonds is 6. The van der Waals surface area contributed by atoms with Crippen LogP contribution in [0.25, 0.3) is 5.65 Å². The summed E-state index contributed by atoms with van der Waals surface area (Å²) in [6.07, 6.45) is 1.85. The number of anilines is 1. The van der Waals surface area contributed by atoms with Crippen LogP contribution in [0.15, 0.2) is 30.6 Å². The standard InChI is InChI=1S/C30H40FN7O3/c1-19-13-36(24(12-32-19)14-35-7-8-41-16-20(35)2)15-27(40)37-17-30(3,4)28-25(37)10-22(29-33-18-34-38(28)29)9-21-5-6-23(31)11-26(21)39/h5-6,10-11,18-20,24,32,39H,7-9,12-17H2,1-4H3/t19-,20-,24-/m1/s1. The van der Waals surface area contributed by atoms with Crippen LogP contribution in [0.4, 0.5) is 10.1 Å². The molecule has 0 unspecified atom stereocenters. The van der Waals surface area contributed by atoms with E-state index in [1.165, 1.54) is 12.4 Å². The third-order valence-corrected chi connectivity index (χ3v) is 8.83. The Labute approximate surface area is 240 Å². The molecular weight excluding hydrogens is 525 g/mol. The zero-order chi connectivity index (χ0) is 28.9. The number of aromatic hydroxyl groups is 1. The van der Waals surface area contributed by atoms with Gasteiger partial charge < -0.3 is 20.1 Å². The first kappa shape index (κ1) is 28.0. The van der Waals surface area contributed by atoms with E-state index >= 15 is 0 Å². The van der Waals surface area contributed by atoms with Crippen LogP contribution in [0.2, 0.25) is 0 Å². The van der Waals surface area contributed by atoms with Crippen molar-refractivity contribution in [2.45, 2.75) is 57.7 Å². The Morgan fingerprint density at radius 1 is 1.22 bits per heavy atom. The minimum Gasteiger partial charge on any atom is -0.508 e. The van der Waals surface area contributed by atoms with Gasteiger partial charge in [-0.1, -0.05) is 19.9 Å². The number of piperazine rings is 1. The molecule has 41 heavy (non-hydrogen) atoms. The first-order chi connectivity index (χ1) is 19.6. The fraction of sp³-hybridized carbons (Fsp3) is 0.567. The molecule has 3 atom stereocenters. The van der Waals surface area contributed by atoms with Gasteiger partial charge in [-0.3, -0.25) is 14.6 Å². The highest BCUT2D eigenvalue weighted by molar-refractivity contribution is 5.97.